The van der Waals surface area contributed by atoms with E-state index in [4.69, 9.17) is 5.73 Å². The monoisotopic (exact) mass is 310 g/mol. The highest BCUT2D eigenvalue weighted by Crippen LogP contribution is 2.39. The Kier molecular flexibility index (Phi) is 4.40. The Bertz CT molecular complexity index is 447. The molecule has 1 unspecified atom stereocenters. The van der Waals surface area contributed by atoms with Crippen LogP contribution in [-0.4, -0.2) is 12.5 Å². The third kappa shape index (κ3) is 2.45. The lowest BCUT2D eigenvalue weighted by Gasteiger charge is -2.17. The van der Waals surface area contributed by atoms with Crippen LogP contribution in [0.25, 0.3) is 0 Å². The van der Waals surface area contributed by atoms with Crippen molar-refractivity contribution in [3.05, 3.63) is 28.2 Å². The standard InChI is InChI=1S/C14H19BrN2O/c1-2-3-4-5-9-17-11-8-6-7-10(15)12(11)13(16)14(17)18/h6-8,13H,2-5,9,16H2,1H3. The molecule has 1 aromatic carbocycles. The van der Waals surface area contributed by atoms with Crippen LogP contribution in [0.5, 0.6) is 0 Å². The van der Waals surface area contributed by atoms with Gasteiger partial charge in [0.05, 0.1) is 5.69 Å². The SMILES string of the molecule is CCCCCCN1C(=O)C(N)c2c(Br)cccc21. The van der Waals surface area contributed by atoms with E-state index in [0.717, 1.165) is 28.7 Å². The fourth-order valence-electron chi connectivity index (χ4n) is 2.41. The average Bonchev–Trinajstić information content (AvgIpc) is 2.60. The first-order chi connectivity index (χ1) is 8.66. The van der Waals surface area contributed by atoms with E-state index in [-0.39, 0.29) is 5.91 Å². The number of carbonyl (C=O) groups is 1. The van der Waals surface area contributed by atoms with Crippen LogP contribution in [0.4, 0.5) is 5.69 Å². The number of nitrogens with two attached hydrogens (primary N) is 1. The minimum Gasteiger partial charge on any atom is -0.316 e. The number of hydrogen-bond acceptors (Lipinski definition) is 2. The topological polar surface area (TPSA) is 46.3 Å². The number of nitrogens with zero attached hydrogens (tertiary/aromatic N) is 1. The Hall–Kier alpha value is -0.870. The zero-order valence-electron chi connectivity index (χ0n) is 10.7. The van der Waals surface area contributed by atoms with Crippen LogP contribution < -0.4 is 10.6 Å². The van der Waals surface area contributed by atoms with Gasteiger partial charge in [-0.3, -0.25) is 4.79 Å². The minimum absolute atomic E-state index is 0.0217. The lowest BCUT2D eigenvalue weighted by atomic mass is 10.1. The smallest absolute Gasteiger partial charge is 0.248 e. The lowest BCUT2D eigenvalue weighted by molar-refractivity contribution is -0.119. The van der Waals surface area contributed by atoms with Crippen LogP contribution in [0, 0.1) is 0 Å². The van der Waals surface area contributed by atoms with E-state index in [1.165, 1.54) is 19.3 Å². The van der Waals surface area contributed by atoms with Gasteiger partial charge >= 0.3 is 0 Å². The van der Waals surface area contributed by atoms with E-state index < -0.39 is 6.04 Å². The normalized spacial score (nSPS) is 18.3. The molecule has 1 aromatic rings. The quantitative estimate of drug-likeness (QED) is 0.847. The van der Waals surface area contributed by atoms with E-state index in [9.17, 15) is 4.79 Å². The molecule has 1 amide bonds. The zero-order valence-corrected chi connectivity index (χ0v) is 12.2. The van der Waals surface area contributed by atoms with Crippen molar-refractivity contribution in [3.63, 3.8) is 0 Å². The van der Waals surface area contributed by atoms with Crippen LogP contribution in [0.1, 0.15) is 44.2 Å². The Balaban J connectivity index is 2.13. The Morgan fingerprint density at radius 3 is 2.83 bits per heavy atom. The number of carbonyl (C=O) groups excluding carboxylic acids is 1. The molecule has 1 atom stereocenters. The van der Waals surface area contributed by atoms with Crippen LogP contribution in [0.2, 0.25) is 0 Å². The number of rotatable bonds is 5. The Morgan fingerprint density at radius 1 is 1.33 bits per heavy atom. The van der Waals surface area contributed by atoms with Gasteiger partial charge in [0.2, 0.25) is 5.91 Å². The summed E-state index contributed by atoms with van der Waals surface area (Å²) in [5.41, 5.74) is 7.89. The highest BCUT2D eigenvalue weighted by molar-refractivity contribution is 9.10. The molecule has 0 spiro atoms. The van der Waals surface area contributed by atoms with Gasteiger partial charge in [-0.05, 0) is 18.6 Å². The second-order valence-electron chi connectivity index (χ2n) is 4.70. The summed E-state index contributed by atoms with van der Waals surface area (Å²) < 4.78 is 0.928. The number of fused-ring (bicyclic) bond motifs is 1. The zero-order chi connectivity index (χ0) is 13.1. The maximum atomic E-state index is 12.2. The summed E-state index contributed by atoms with van der Waals surface area (Å²) in [5, 5.41) is 0. The molecule has 0 saturated carbocycles. The largest absolute Gasteiger partial charge is 0.316 e. The van der Waals surface area contributed by atoms with Crippen molar-refractivity contribution in [3.8, 4) is 0 Å². The van der Waals surface area contributed by atoms with Crippen molar-refractivity contribution >= 4 is 27.5 Å². The maximum Gasteiger partial charge on any atom is 0.248 e. The first-order valence-corrected chi connectivity index (χ1v) is 7.31. The van der Waals surface area contributed by atoms with Crippen molar-refractivity contribution in [1.29, 1.82) is 0 Å². The van der Waals surface area contributed by atoms with Gasteiger partial charge < -0.3 is 10.6 Å². The number of benzene rings is 1. The van der Waals surface area contributed by atoms with E-state index in [1.54, 1.807) is 0 Å². The third-order valence-corrected chi connectivity index (χ3v) is 4.09. The summed E-state index contributed by atoms with van der Waals surface area (Å²) in [7, 11) is 0. The first kappa shape index (κ1) is 13.6. The van der Waals surface area contributed by atoms with Gasteiger partial charge in [-0.25, -0.2) is 0 Å². The number of unbranched alkanes of at least 4 members (excludes halogenated alkanes) is 3. The van der Waals surface area contributed by atoms with E-state index in [0.29, 0.717) is 0 Å². The molecule has 4 heteroatoms. The van der Waals surface area contributed by atoms with Gasteiger partial charge in [0.25, 0.3) is 0 Å². The second kappa shape index (κ2) is 5.85. The molecule has 2 N–H and O–H groups in total. The van der Waals surface area contributed by atoms with Crippen molar-refractivity contribution in [2.24, 2.45) is 5.73 Å². The van der Waals surface area contributed by atoms with Crippen LogP contribution in [0.15, 0.2) is 22.7 Å². The van der Waals surface area contributed by atoms with E-state index >= 15 is 0 Å². The van der Waals surface area contributed by atoms with Gasteiger partial charge in [-0.1, -0.05) is 48.2 Å². The van der Waals surface area contributed by atoms with Crippen molar-refractivity contribution in [2.75, 3.05) is 11.4 Å². The number of hydrogen-bond donors (Lipinski definition) is 1. The van der Waals surface area contributed by atoms with E-state index in [1.807, 2.05) is 23.1 Å². The summed E-state index contributed by atoms with van der Waals surface area (Å²) >= 11 is 3.48. The Morgan fingerprint density at radius 2 is 2.11 bits per heavy atom. The molecule has 1 aliphatic heterocycles. The third-order valence-electron chi connectivity index (χ3n) is 3.40. The summed E-state index contributed by atoms with van der Waals surface area (Å²) in [6.45, 7) is 2.96. The molecule has 0 saturated heterocycles. The second-order valence-corrected chi connectivity index (χ2v) is 5.56. The van der Waals surface area contributed by atoms with Gasteiger partial charge in [-0.2, -0.15) is 0 Å². The highest BCUT2D eigenvalue weighted by atomic mass is 79.9. The summed E-state index contributed by atoms with van der Waals surface area (Å²) in [5.74, 6) is 0.0217. The van der Waals surface area contributed by atoms with Gasteiger partial charge in [-0.15, -0.1) is 0 Å². The van der Waals surface area contributed by atoms with Gasteiger partial charge in [0, 0.05) is 16.6 Å². The molecule has 0 aliphatic carbocycles. The molecule has 0 bridgehead atoms. The molecule has 3 nitrogen and oxygen atoms in total. The molecule has 0 aromatic heterocycles. The lowest BCUT2D eigenvalue weighted by Crippen LogP contribution is -2.32. The summed E-state index contributed by atoms with van der Waals surface area (Å²) in [6, 6.07) is 5.35. The van der Waals surface area contributed by atoms with Crippen LogP contribution >= 0.6 is 15.9 Å². The molecule has 18 heavy (non-hydrogen) atoms. The molecule has 1 aliphatic rings. The summed E-state index contributed by atoms with van der Waals surface area (Å²) in [4.78, 5) is 14.0. The molecule has 0 fully saturated rings. The number of halogens is 1. The maximum absolute atomic E-state index is 12.2. The highest BCUT2D eigenvalue weighted by Gasteiger charge is 2.35. The van der Waals surface area contributed by atoms with Crippen molar-refractivity contribution in [1.82, 2.24) is 0 Å². The fraction of sp³-hybridized carbons (Fsp3) is 0.500. The van der Waals surface area contributed by atoms with E-state index in [2.05, 4.69) is 22.9 Å². The number of anilines is 1. The van der Waals surface area contributed by atoms with Crippen molar-refractivity contribution in [2.45, 2.75) is 38.6 Å². The van der Waals surface area contributed by atoms with Gasteiger partial charge in [0.15, 0.2) is 0 Å². The number of amides is 1. The van der Waals surface area contributed by atoms with Crippen LogP contribution in [-0.2, 0) is 4.79 Å². The predicted octanol–water partition coefficient (Wildman–Crippen LogP) is 3.38. The van der Waals surface area contributed by atoms with Crippen LogP contribution in [0.3, 0.4) is 0 Å². The summed E-state index contributed by atoms with van der Waals surface area (Å²) in [6.07, 6.45) is 4.63. The first-order valence-electron chi connectivity index (χ1n) is 6.52. The fourth-order valence-corrected chi connectivity index (χ4v) is 3.01. The molecular weight excluding hydrogens is 292 g/mol. The molecule has 1 heterocycles. The minimum atomic E-state index is -0.512. The predicted molar refractivity (Wildman–Crippen MR) is 77.6 cm³/mol. The molecule has 0 radical (unpaired) electrons. The molecule has 2 rings (SSSR count). The molecule has 98 valence electrons. The Labute approximate surface area is 116 Å². The average molecular weight is 311 g/mol. The van der Waals surface area contributed by atoms with Gasteiger partial charge in [0.1, 0.15) is 6.04 Å². The van der Waals surface area contributed by atoms with Crippen molar-refractivity contribution < 1.29 is 4.79 Å². The molecular formula is C14H19BrN2O.